The van der Waals surface area contributed by atoms with Gasteiger partial charge in [-0.05, 0) is 31.0 Å². The normalized spacial score (nSPS) is 23.1. The van der Waals surface area contributed by atoms with E-state index in [-0.39, 0.29) is 18.7 Å². The average Bonchev–Trinajstić information content (AvgIpc) is 3.50. The number of fused-ring (bicyclic) bond motifs is 1. The number of benzene rings is 1. The van der Waals surface area contributed by atoms with Gasteiger partial charge >= 0.3 is 0 Å². The van der Waals surface area contributed by atoms with Gasteiger partial charge in [0.15, 0.2) is 0 Å². The van der Waals surface area contributed by atoms with Crippen molar-refractivity contribution >= 4 is 23.6 Å². The molecule has 166 valence electrons. The molecule has 1 aromatic heterocycles. The molecule has 2 unspecified atom stereocenters. The second-order valence-electron chi connectivity index (χ2n) is 8.39. The van der Waals surface area contributed by atoms with Crippen molar-refractivity contribution in [2.45, 2.75) is 44.3 Å². The van der Waals surface area contributed by atoms with Crippen molar-refractivity contribution < 1.29 is 19.2 Å². The van der Waals surface area contributed by atoms with Crippen LogP contribution in [-0.2, 0) is 22.7 Å². The van der Waals surface area contributed by atoms with Crippen LogP contribution < -0.4 is 16.0 Å². The molecule has 2 fully saturated rings. The summed E-state index contributed by atoms with van der Waals surface area (Å²) in [6.07, 6.45) is 3.12. The van der Waals surface area contributed by atoms with Crippen molar-refractivity contribution in [1.82, 2.24) is 31.0 Å². The summed E-state index contributed by atoms with van der Waals surface area (Å²) in [5, 5.41) is 16.2. The number of hydrogen-bond donors (Lipinski definition) is 4. The Morgan fingerprint density at radius 1 is 1.06 bits per heavy atom. The molecule has 0 aliphatic carbocycles. The Labute approximate surface area is 184 Å². The van der Waals surface area contributed by atoms with Gasteiger partial charge in [-0.2, -0.15) is 5.10 Å². The lowest BCUT2D eigenvalue weighted by Crippen LogP contribution is -2.54. The van der Waals surface area contributed by atoms with Gasteiger partial charge in [0.2, 0.25) is 11.8 Å². The van der Waals surface area contributed by atoms with Crippen molar-refractivity contribution in [3.8, 4) is 0 Å². The van der Waals surface area contributed by atoms with Crippen LogP contribution in [0.2, 0.25) is 0 Å². The van der Waals surface area contributed by atoms with Crippen LogP contribution in [0.4, 0.5) is 0 Å². The Balaban J connectivity index is 1.31. The summed E-state index contributed by atoms with van der Waals surface area (Å²) in [7, 11) is 0. The lowest BCUT2D eigenvalue weighted by molar-refractivity contribution is -0.136. The summed E-state index contributed by atoms with van der Waals surface area (Å²) < 4.78 is 0. The first-order valence-corrected chi connectivity index (χ1v) is 10.8. The number of nitrogens with one attached hydrogen (secondary N) is 4. The number of H-pyrrole nitrogens is 1. The Morgan fingerprint density at radius 2 is 1.91 bits per heavy atom. The Hall–Kier alpha value is -3.37. The molecular weight excluding hydrogens is 412 g/mol. The van der Waals surface area contributed by atoms with Gasteiger partial charge in [-0.3, -0.25) is 34.5 Å². The number of carbonyl (C=O) groups is 4. The topological polar surface area (TPSA) is 136 Å². The van der Waals surface area contributed by atoms with Gasteiger partial charge in [-0.25, -0.2) is 0 Å². The predicted octanol–water partition coefficient (Wildman–Crippen LogP) is 0.178. The standard InChI is InChI=1S/C22H24N6O4/c29-17-5-4-16(20(30)26-17)28-21(31)15-3-1-2-12(18(15)22(28)32)8-24-10-14-11-25-27-19(14)13-6-7-23-9-13/h1-3,11,13,16,23-24H,4-10H2,(H,25,27)(H,26,29,30). The number of nitrogens with zero attached hydrogens (tertiary/aromatic N) is 2. The molecule has 0 bridgehead atoms. The van der Waals surface area contributed by atoms with Crippen molar-refractivity contribution in [3.63, 3.8) is 0 Å². The second-order valence-corrected chi connectivity index (χ2v) is 8.39. The minimum Gasteiger partial charge on any atom is -0.316 e. The van der Waals surface area contributed by atoms with Crippen LogP contribution in [0.3, 0.4) is 0 Å². The number of imide groups is 2. The molecule has 0 saturated carbocycles. The van der Waals surface area contributed by atoms with E-state index in [0.29, 0.717) is 35.7 Å². The lowest BCUT2D eigenvalue weighted by atomic mass is 10.0. The van der Waals surface area contributed by atoms with Gasteiger partial charge in [-0.1, -0.05) is 12.1 Å². The first-order valence-electron chi connectivity index (χ1n) is 10.8. The molecule has 4 N–H and O–H groups in total. The number of hydrogen-bond acceptors (Lipinski definition) is 7. The Kier molecular flexibility index (Phi) is 5.32. The molecule has 4 amide bonds. The minimum atomic E-state index is -0.964. The molecule has 3 aliphatic rings. The second kappa shape index (κ2) is 8.29. The fraction of sp³-hybridized carbons (Fsp3) is 0.409. The van der Waals surface area contributed by atoms with Crippen molar-refractivity contribution in [3.05, 3.63) is 52.3 Å². The zero-order chi connectivity index (χ0) is 22.2. The van der Waals surface area contributed by atoms with Crippen LogP contribution in [0.1, 0.15) is 62.7 Å². The van der Waals surface area contributed by atoms with E-state index < -0.39 is 23.8 Å². The summed E-state index contributed by atoms with van der Waals surface area (Å²) in [5.74, 6) is -1.56. The number of amides is 4. The van der Waals surface area contributed by atoms with Crippen LogP contribution in [-0.4, -0.2) is 57.9 Å². The van der Waals surface area contributed by atoms with E-state index in [4.69, 9.17) is 0 Å². The molecular formula is C22H24N6O4. The maximum atomic E-state index is 13.2. The highest BCUT2D eigenvalue weighted by Gasteiger charge is 2.45. The van der Waals surface area contributed by atoms with E-state index in [0.717, 1.165) is 35.7 Å². The number of aromatic amines is 1. The third-order valence-corrected chi connectivity index (χ3v) is 6.41. The summed E-state index contributed by atoms with van der Waals surface area (Å²) in [6, 6.07) is 4.19. The minimum absolute atomic E-state index is 0.0990. The van der Waals surface area contributed by atoms with E-state index >= 15 is 0 Å². The molecule has 10 nitrogen and oxygen atoms in total. The molecule has 32 heavy (non-hydrogen) atoms. The van der Waals surface area contributed by atoms with E-state index in [1.165, 1.54) is 0 Å². The first-order chi connectivity index (χ1) is 15.5. The fourth-order valence-corrected chi connectivity index (χ4v) is 4.78. The highest BCUT2D eigenvalue weighted by Crippen LogP contribution is 2.30. The van der Waals surface area contributed by atoms with Gasteiger partial charge in [0.25, 0.3) is 11.8 Å². The Bertz CT molecular complexity index is 1100. The quantitative estimate of drug-likeness (QED) is 0.474. The van der Waals surface area contributed by atoms with Gasteiger partial charge in [-0.15, -0.1) is 0 Å². The maximum Gasteiger partial charge on any atom is 0.262 e. The number of aromatic nitrogens is 2. The lowest BCUT2D eigenvalue weighted by Gasteiger charge is -2.27. The molecule has 5 rings (SSSR count). The molecule has 2 aromatic rings. The van der Waals surface area contributed by atoms with Crippen molar-refractivity contribution in [2.24, 2.45) is 0 Å². The summed E-state index contributed by atoms with van der Waals surface area (Å²) >= 11 is 0. The SMILES string of the molecule is O=C1CCC(N2C(=O)c3cccc(CNCc4cn[nH]c4C4CCNC4)c3C2=O)C(=O)N1. The van der Waals surface area contributed by atoms with Crippen LogP contribution in [0.5, 0.6) is 0 Å². The average molecular weight is 436 g/mol. The largest absolute Gasteiger partial charge is 0.316 e. The third kappa shape index (κ3) is 3.51. The summed E-state index contributed by atoms with van der Waals surface area (Å²) in [5.41, 5.74) is 3.51. The molecule has 3 aliphatic heterocycles. The molecule has 10 heteroatoms. The monoisotopic (exact) mass is 436 g/mol. The van der Waals surface area contributed by atoms with Crippen LogP contribution in [0.15, 0.2) is 24.4 Å². The van der Waals surface area contributed by atoms with E-state index in [9.17, 15) is 19.2 Å². The van der Waals surface area contributed by atoms with Crippen molar-refractivity contribution in [1.29, 1.82) is 0 Å². The summed E-state index contributed by atoms with van der Waals surface area (Å²) in [6.45, 7) is 2.88. The molecule has 2 atom stereocenters. The number of carbonyl (C=O) groups excluding carboxylic acids is 4. The van der Waals surface area contributed by atoms with E-state index in [2.05, 4.69) is 26.1 Å². The predicted molar refractivity (Wildman–Crippen MR) is 112 cm³/mol. The zero-order valence-electron chi connectivity index (χ0n) is 17.4. The summed E-state index contributed by atoms with van der Waals surface area (Å²) in [4.78, 5) is 50.8. The van der Waals surface area contributed by atoms with Crippen LogP contribution in [0.25, 0.3) is 0 Å². The van der Waals surface area contributed by atoms with Gasteiger partial charge in [0.05, 0.1) is 17.3 Å². The van der Waals surface area contributed by atoms with Gasteiger partial charge < -0.3 is 10.6 Å². The first kappa shape index (κ1) is 20.5. The van der Waals surface area contributed by atoms with Gasteiger partial charge in [0.1, 0.15) is 6.04 Å². The number of piperidine rings is 1. The molecule has 0 radical (unpaired) electrons. The third-order valence-electron chi connectivity index (χ3n) is 6.41. The van der Waals surface area contributed by atoms with Gasteiger partial charge in [0, 0.05) is 43.2 Å². The molecule has 0 spiro atoms. The van der Waals surface area contributed by atoms with Crippen LogP contribution >= 0.6 is 0 Å². The van der Waals surface area contributed by atoms with E-state index in [1.54, 1.807) is 12.1 Å². The van der Waals surface area contributed by atoms with Crippen LogP contribution in [0, 0.1) is 0 Å². The molecule has 1 aromatic carbocycles. The Morgan fingerprint density at radius 3 is 2.69 bits per heavy atom. The van der Waals surface area contributed by atoms with Crippen molar-refractivity contribution in [2.75, 3.05) is 13.1 Å². The maximum absolute atomic E-state index is 13.2. The fourth-order valence-electron chi connectivity index (χ4n) is 4.78. The number of rotatable bonds is 6. The zero-order valence-corrected chi connectivity index (χ0v) is 17.4. The molecule has 4 heterocycles. The highest BCUT2D eigenvalue weighted by atomic mass is 16.2. The smallest absolute Gasteiger partial charge is 0.262 e. The molecule has 2 saturated heterocycles. The highest BCUT2D eigenvalue weighted by molar-refractivity contribution is 6.24. The van der Waals surface area contributed by atoms with E-state index in [1.807, 2.05) is 12.3 Å².